The Bertz CT molecular complexity index is 575. The maximum Gasteiger partial charge on any atom is 0.321 e. The van der Waals surface area contributed by atoms with Crippen molar-refractivity contribution in [3.05, 3.63) is 29.0 Å². The summed E-state index contributed by atoms with van der Waals surface area (Å²) in [5.74, 6) is -0.249. The lowest BCUT2D eigenvalue weighted by atomic mass is 9.82. The van der Waals surface area contributed by atoms with Crippen molar-refractivity contribution in [1.29, 1.82) is 0 Å². The van der Waals surface area contributed by atoms with Gasteiger partial charge < -0.3 is 20.6 Å². The number of amides is 2. The largest absolute Gasteiger partial charge is 0.396 e. The third-order valence-electron chi connectivity index (χ3n) is 4.45. The number of halogens is 3. The van der Waals surface area contributed by atoms with Gasteiger partial charge in [-0.15, -0.1) is 12.4 Å². The van der Waals surface area contributed by atoms with E-state index < -0.39 is 5.82 Å². The lowest BCUT2D eigenvalue weighted by Crippen LogP contribution is -2.39. The Morgan fingerprint density at radius 2 is 2.36 bits per heavy atom. The van der Waals surface area contributed by atoms with Crippen molar-refractivity contribution in [3.8, 4) is 0 Å². The molecule has 3 N–H and O–H groups in total. The Morgan fingerprint density at radius 1 is 1.59 bits per heavy atom. The highest BCUT2D eigenvalue weighted by Gasteiger charge is 2.50. The fourth-order valence-corrected chi connectivity index (χ4v) is 3.36. The number of fused-ring (bicyclic) bond motifs is 1. The van der Waals surface area contributed by atoms with Crippen molar-refractivity contribution in [2.75, 3.05) is 38.1 Å². The monoisotopic (exact) mass is 349 g/mol. The van der Waals surface area contributed by atoms with Crippen LogP contribution in [-0.2, 0) is 0 Å². The van der Waals surface area contributed by atoms with Gasteiger partial charge in [0.15, 0.2) is 0 Å². The molecule has 0 aliphatic carbocycles. The number of nitrogens with zero attached hydrogens (tertiary/aromatic N) is 1. The average molecular weight is 350 g/mol. The average Bonchev–Trinajstić information content (AvgIpc) is 3.00. The molecule has 0 radical (unpaired) electrons. The summed E-state index contributed by atoms with van der Waals surface area (Å²) in [5, 5.41) is 15.6. The van der Waals surface area contributed by atoms with Crippen LogP contribution in [0.4, 0.5) is 14.9 Å². The molecule has 2 atom stereocenters. The number of hydrogen-bond acceptors (Lipinski definition) is 3. The second-order valence-corrected chi connectivity index (χ2v) is 6.20. The number of hydrogen-bond donors (Lipinski definition) is 3. The van der Waals surface area contributed by atoms with Crippen molar-refractivity contribution in [3.63, 3.8) is 0 Å². The maximum atomic E-state index is 13.1. The topological polar surface area (TPSA) is 64.6 Å². The molecule has 8 heteroatoms. The zero-order chi connectivity index (χ0) is 15.0. The third-order valence-corrected chi connectivity index (χ3v) is 4.74. The predicted molar refractivity (Wildman–Crippen MR) is 85.1 cm³/mol. The summed E-state index contributed by atoms with van der Waals surface area (Å²) in [6.07, 6.45) is 0. The molecule has 0 bridgehead atoms. The fraction of sp³-hybridized carbons (Fsp3) is 0.500. The van der Waals surface area contributed by atoms with Crippen molar-refractivity contribution in [2.45, 2.75) is 0 Å². The van der Waals surface area contributed by atoms with Crippen LogP contribution in [0.3, 0.4) is 0 Å². The number of carbonyl (C=O) groups excluding carboxylic acids is 1. The van der Waals surface area contributed by atoms with E-state index in [1.165, 1.54) is 18.2 Å². The van der Waals surface area contributed by atoms with Gasteiger partial charge in [-0.25, -0.2) is 9.18 Å². The number of anilines is 1. The maximum absolute atomic E-state index is 13.1. The van der Waals surface area contributed by atoms with Gasteiger partial charge in [0.05, 0.1) is 11.6 Å². The molecular weight excluding hydrogens is 332 g/mol. The van der Waals surface area contributed by atoms with Crippen LogP contribution in [0.15, 0.2) is 18.2 Å². The lowest BCUT2D eigenvalue weighted by molar-refractivity contribution is 0.127. The highest BCUT2D eigenvalue weighted by atomic mass is 35.5. The molecule has 0 aromatic heterocycles. The first-order valence-electron chi connectivity index (χ1n) is 6.87. The van der Waals surface area contributed by atoms with E-state index in [4.69, 9.17) is 11.6 Å². The highest BCUT2D eigenvalue weighted by molar-refractivity contribution is 6.31. The zero-order valence-corrected chi connectivity index (χ0v) is 13.4. The van der Waals surface area contributed by atoms with Crippen LogP contribution in [0.2, 0.25) is 5.02 Å². The molecule has 2 amide bonds. The number of urea groups is 1. The molecule has 1 aromatic carbocycles. The molecule has 2 unspecified atom stereocenters. The van der Waals surface area contributed by atoms with Gasteiger partial charge in [0.1, 0.15) is 5.82 Å². The summed E-state index contributed by atoms with van der Waals surface area (Å²) in [7, 11) is 0. The minimum absolute atomic E-state index is 0. The Kier molecular flexibility index (Phi) is 5.17. The number of benzene rings is 1. The van der Waals surface area contributed by atoms with Crippen LogP contribution in [0, 0.1) is 17.2 Å². The molecule has 3 rings (SSSR count). The molecule has 2 fully saturated rings. The smallest absolute Gasteiger partial charge is 0.321 e. The van der Waals surface area contributed by atoms with Gasteiger partial charge >= 0.3 is 6.03 Å². The van der Waals surface area contributed by atoms with E-state index in [1.807, 2.05) is 0 Å². The van der Waals surface area contributed by atoms with Crippen LogP contribution in [0.1, 0.15) is 0 Å². The predicted octanol–water partition coefficient (Wildman–Crippen LogP) is 1.95. The van der Waals surface area contributed by atoms with Crippen LogP contribution >= 0.6 is 24.0 Å². The van der Waals surface area contributed by atoms with E-state index in [9.17, 15) is 14.3 Å². The molecule has 0 spiro atoms. The van der Waals surface area contributed by atoms with Crippen molar-refractivity contribution < 1.29 is 14.3 Å². The van der Waals surface area contributed by atoms with E-state index in [1.54, 1.807) is 4.90 Å². The lowest BCUT2D eigenvalue weighted by Gasteiger charge is -2.25. The first-order valence-corrected chi connectivity index (χ1v) is 7.24. The number of carbonyl (C=O) groups is 1. The Labute approximate surface area is 139 Å². The van der Waals surface area contributed by atoms with Gasteiger partial charge in [-0.2, -0.15) is 0 Å². The molecule has 5 nitrogen and oxygen atoms in total. The van der Waals surface area contributed by atoms with E-state index in [0.717, 1.165) is 13.1 Å². The van der Waals surface area contributed by atoms with E-state index in [0.29, 0.717) is 18.8 Å². The van der Waals surface area contributed by atoms with Crippen LogP contribution in [0.25, 0.3) is 0 Å². The van der Waals surface area contributed by atoms with Crippen LogP contribution in [0.5, 0.6) is 0 Å². The summed E-state index contributed by atoms with van der Waals surface area (Å²) < 4.78 is 13.1. The molecular formula is C14H18Cl2FN3O2. The van der Waals surface area contributed by atoms with E-state index in [2.05, 4.69) is 10.6 Å². The Hall–Kier alpha value is -1.08. The summed E-state index contributed by atoms with van der Waals surface area (Å²) in [6, 6.07) is 3.82. The SMILES string of the molecule is Cl.O=C(Nc1ccc(F)c(Cl)c1)N1CC2CNCC2(CO)C1. The molecule has 2 aliphatic rings. The number of likely N-dealkylation sites (tertiary alicyclic amines) is 1. The quantitative estimate of drug-likeness (QED) is 0.764. The highest BCUT2D eigenvalue weighted by Crippen LogP contribution is 2.38. The molecule has 0 saturated carbocycles. The Balaban J connectivity index is 0.00000176. The summed E-state index contributed by atoms with van der Waals surface area (Å²) in [4.78, 5) is 14.0. The zero-order valence-electron chi connectivity index (χ0n) is 11.8. The minimum atomic E-state index is -0.518. The van der Waals surface area contributed by atoms with Gasteiger partial charge in [0, 0.05) is 37.3 Å². The van der Waals surface area contributed by atoms with Crippen LogP contribution < -0.4 is 10.6 Å². The second kappa shape index (κ2) is 6.58. The van der Waals surface area contributed by atoms with Crippen molar-refractivity contribution in [1.82, 2.24) is 10.2 Å². The number of aliphatic hydroxyl groups is 1. The van der Waals surface area contributed by atoms with Gasteiger partial charge in [-0.1, -0.05) is 11.6 Å². The molecule has 2 saturated heterocycles. The molecule has 122 valence electrons. The molecule has 2 aliphatic heterocycles. The standard InChI is InChI=1S/C14H17ClFN3O2.ClH/c15-11-3-10(1-2-12(11)16)18-13(21)19-5-9-4-17-6-14(9,7-19)8-20;/h1-3,9,17,20H,4-8H2,(H,18,21);1H. The third kappa shape index (κ3) is 3.01. The summed E-state index contributed by atoms with van der Waals surface area (Å²) in [5.41, 5.74) is 0.220. The summed E-state index contributed by atoms with van der Waals surface area (Å²) in [6.45, 7) is 2.72. The van der Waals surface area contributed by atoms with E-state index in [-0.39, 0.29) is 41.4 Å². The molecule has 1 aromatic rings. The van der Waals surface area contributed by atoms with Crippen molar-refractivity contribution >= 4 is 35.7 Å². The number of rotatable bonds is 2. The molecule has 2 heterocycles. The van der Waals surface area contributed by atoms with Crippen molar-refractivity contribution in [2.24, 2.45) is 11.3 Å². The minimum Gasteiger partial charge on any atom is -0.396 e. The molecule has 22 heavy (non-hydrogen) atoms. The van der Waals surface area contributed by atoms with Gasteiger partial charge in [-0.05, 0) is 24.1 Å². The Morgan fingerprint density at radius 3 is 3.00 bits per heavy atom. The fourth-order valence-electron chi connectivity index (χ4n) is 3.18. The van der Waals surface area contributed by atoms with Crippen LogP contribution in [-0.4, -0.2) is 48.8 Å². The number of nitrogens with one attached hydrogen (secondary N) is 2. The second-order valence-electron chi connectivity index (χ2n) is 5.79. The van der Waals surface area contributed by atoms with E-state index >= 15 is 0 Å². The van der Waals surface area contributed by atoms with Gasteiger partial charge in [0.2, 0.25) is 0 Å². The first-order chi connectivity index (χ1) is 10.0. The van der Waals surface area contributed by atoms with Gasteiger partial charge in [0.25, 0.3) is 0 Å². The first kappa shape index (κ1) is 17.3. The number of aliphatic hydroxyl groups excluding tert-OH is 1. The summed E-state index contributed by atoms with van der Waals surface area (Å²) >= 11 is 5.70. The van der Waals surface area contributed by atoms with Gasteiger partial charge in [-0.3, -0.25) is 0 Å². The normalized spacial score (nSPS) is 26.5.